The molecule has 1 aromatic carbocycles. The number of nitrogens with one attached hydrogen (secondary N) is 1. The number of hydrogen-bond acceptors (Lipinski definition) is 3. The second-order valence-corrected chi connectivity index (χ2v) is 5.74. The van der Waals surface area contributed by atoms with Gasteiger partial charge in [0.25, 0.3) is 0 Å². The maximum atomic E-state index is 12.5. The summed E-state index contributed by atoms with van der Waals surface area (Å²) in [4.78, 5) is 17.9. The molecule has 126 valence electrons. The Kier molecular flexibility index (Phi) is 4.17. The fourth-order valence-corrected chi connectivity index (χ4v) is 2.62. The average molecular weight is 335 g/mol. The zero-order chi connectivity index (χ0) is 17.3. The molecule has 7 heteroatoms. The molecule has 1 atom stereocenters. The van der Waals surface area contributed by atoms with E-state index in [9.17, 15) is 18.0 Å². The molecular weight excluding hydrogens is 319 g/mol. The van der Waals surface area contributed by atoms with E-state index in [-0.39, 0.29) is 11.7 Å². The number of amides is 1. The lowest BCUT2D eigenvalue weighted by atomic mass is 10.2. The molecule has 1 saturated heterocycles. The maximum absolute atomic E-state index is 12.5. The van der Waals surface area contributed by atoms with Crippen LogP contribution in [0, 0.1) is 6.92 Å². The highest BCUT2D eigenvalue weighted by Crippen LogP contribution is 2.29. The Morgan fingerprint density at radius 2 is 1.88 bits per heavy atom. The molecule has 0 bridgehead atoms. The summed E-state index contributed by atoms with van der Waals surface area (Å²) < 4.78 is 37.6. The van der Waals surface area contributed by atoms with E-state index in [0.29, 0.717) is 13.0 Å². The Bertz CT molecular complexity index is 726. The Hall–Kier alpha value is -2.57. The second-order valence-electron chi connectivity index (χ2n) is 5.74. The molecule has 1 aliphatic rings. The van der Waals surface area contributed by atoms with Gasteiger partial charge in [-0.1, -0.05) is 17.7 Å². The van der Waals surface area contributed by atoms with Crippen LogP contribution >= 0.6 is 0 Å². The van der Waals surface area contributed by atoms with Crippen molar-refractivity contribution in [2.75, 3.05) is 16.8 Å². The summed E-state index contributed by atoms with van der Waals surface area (Å²) in [5, 5.41) is 2.91. The van der Waals surface area contributed by atoms with Gasteiger partial charge in [-0.15, -0.1) is 0 Å². The first-order chi connectivity index (χ1) is 11.3. The van der Waals surface area contributed by atoms with E-state index in [1.807, 2.05) is 31.2 Å². The number of halogens is 3. The number of alkyl halides is 3. The van der Waals surface area contributed by atoms with E-state index in [0.717, 1.165) is 23.5 Å². The highest BCUT2D eigenvalue weighted by molar-refractivity contribution is 6.00. The fourth-order valence-electron chi connectivity index (χ4n) is 2.62. The minimum Gasteiger partial charge on any atom is -0.358 e. The van der Waals surface area contributed by atoms with Crippen molar-refractivity contribution in [2.45, 2.75) is 25.6 Å². The number of hydrogen-bond donors (Lipinski definition) is 1. The predicted molar refractivity (Wildman–Crippen MR) is 84.8 cm³/mol. The summed E-state index contributed by atoms with van der Waals surface area (Å²) in [5.74, 6) is 0.146. The number of aryl methyl sites for hydroxylation is 1. The van der Waals surface area contributed by atoms with Crippen molar-refractivity contribution in [3.8, 4) is 0 Å². The first-order valence-electron chi connectivity index (χ1n) is 7.52. The minimum atomic E-state index is -4.42. The molecule has 0 saturated carbocycles. The van der Waals surface area contributed by atoms with Crippen molar-refractivity contribution >= 4 is 17.4 Å². The number of aromatic nitrogens is 1. The van der Waals surface area contributed by atoms with Crippen LogP contribution < -0.4 is 10.2 Å². The standard InChI is InChI=1S/C17H16F3N3O/c1-11-2-5-13(6-3-11)23-9-8-14(16(23)24)22-15-7-4-12(10-21-15)17(18,19)20/h2-7,10,14H,8-9H2,1H3,(H,21,22). The van der Waals surface area contributed by atoms with E-state index < -0.39 is 17.8 Å². The van der Waals surface area contributed by atoms with E-state index >= 15 is 0 Å². The van der Waals surface area contributed by atoms with Crippen molar-refractivity contribution in [2.24, 2.45) is 0 Å². The number of anilines is 2. The van der Waals surface area contributed by atoms with Gasteiger partial charge in [-0.3, -0.25) is 4.79 Å². The molecule has 1 amide bonds. The van der Waals surface area contributed by atoms with Crippen molar-refractivity contribution in [3.05, 3.63) is 53.7 Å². The van der Waals surface area contributed by atoms with Crippen LogP contribution in [0.15, 0.2) is 42.6 Å². The zero-order valence-corrected chi connectivity index (χ0v) is 13.0. The number of nitrogens with zero attached hydrogens (tertiary/aromatic N) is 2. The van der Waals surface area contributed by atoms with Crippen LogP contribution in [0.2, 0.25) is 0 Å². The normalized spacial score (nSPS) is 18.1. The molecule has 2 heterocycles. The molecule has 1 aliphatic heterocycles. The van der Waals surface area contributed by atoms with E-state index in [1.54, 1.807) is 4.90 Å². The summed E-state index contributed by atoms with van der Waals surface area (Å²) >= 11 is 0. The molecular formula is C17H16F3N3O. The number of rotatable bonds is 3. The van der Waals surface area contributed by atoms with Gasteiger partial charge in [0.2, 0.25) is 5.91 Å². The Balaban J connectivity index is 1.68. The lowest BCUT2D eigenvalue weighted by molar-refractivity contribution is -0.137. The molecule has 1 aromatic heterocycles. The number of carbonyl (C=O) groups is 1. The topological polar surface area (TPSA) is 45.2 Å². The lowest BCUT2D eigenvalue weighted by Crippen LogP contribution is -2.33. The smallest absolute Gasteiger partial charge is 0.358 e. The van der Waals surface area contributed by atoms with Gasteiger partial charge in [0.05, 0.1) is 5.56 Å². The fraction of sp³-hybridized carbons (Fsp3) is 0.294. The van der Waals surface area contributed by atoms with Gasteiger partial charge in [0, 0.05) is 18.4 Å². The molecule has 1 N–H and O–H groups in total. The van der Waals surface area contributed by atoms with Gasteiger partial charge < -0.3 is 10.2 Å². The third-order valence-electron chi connectivity index (χ3n) is 3.96. The number of pyridine rings is 1. The van der Waals surface area contributed by atoms with E-state index in [4.69, 9.17) is 0 Å². The van der Waals surface area contributed by atoms with Crippen LogP contribution in [0.1, 0.15) is 17.5 Å². The van der Waals surface area contributed by atoms with Gasteiger partial charge in [-0.2, -0.15) is 13.2 Å². The second kappa shape index (κ2) is 6.14. The van der Waals surface area contributed by atoms with Crippen LogP contribution in [0.4, 0.5) is 24.7 Å². The molecule has 4 nitrogen and oxygen atoms in total. The minimum absolute atomic E-state index is 0.111. The van der Waals surface area contributed by atoms with E-state index in [2.05, 4.69) is 10.3 Å². The van der Waals surface area contributed by atoms with Crippen molar-refractivity contribution in [1.82, 2.24) is 4.98 Å². The molecule has 0 spiro atoms. The molecule has 3 rings (SSSR count). The summed E-state index contributed by atoms with van der Waals surface area (Å²) in [6, 6.07) is 9.33. The molecule has 0 radical (unpaired) electrons. The summed E-state index contributed by atoms with van der Waals surface area (Å²) in [7, 11) is 0. The van der Waals surface area contributed by atoms with Gasteiger partial charge >= 0.3 is 6.18 Å². The monoisotopic (exact) mass is 335 g/mol. The van der Waals surface area contributed by atoms with Crippen LogP contribution in [-0.4, -0.2) is 23.5 Å². The van der Waals surface area contributed by atoms with Gasteiger partial charge in [-0.25, -0.2) is 4.98 Å². The summed E-state index contributed by atoms with van der Waals surface area (Å²) in [6.45, 7) is 2.52. The Labute approximate surface area is 137 Å². The highest BCUT2D eigenvalue weighted by Gasteiger charge is 2.33. The first kappa shape index (κ1) is 16.3. The molecule has 1 unspecified atom stereocenters. The van der Waals surface area contributed by atoms with Gasteiger partial charge in [0.1, 0.15) is 11.9 Å². The zero-order valence-electron chi connectivity index (χ0n) is 13.0. The summed E-state index contributed by atoms with van der Waals surface area (Å²) in [6.07, 6.45) is -3.09. The van der Waals surface area contributed by atoms with Crippen molar-refractivity contribution in [1.29, 1.82) is 0 Å². The van der Waals surface area contributed by atoms with Crippen LogP contribution in [0.25, 0.3) is 0 Å². The SMILES string of the molecule is Cc1ccc(N2CCC(Nc3ccc(C(F)(F)F)cn3)C2=O)cc1. The first-order valence-corrected chi connectivity index (χ1v) is 7.52. The largest absolute Gasteiger partial charge is 0.417 e. The molecule has 1 fully saturated rings. The van der Waals surface area contributed by atoms with Crippen molar-refractivity contribution in [3.63, 3.8) is 0 Å². The Morgan fingerprint density at radius 3 is 2.46 bits per heavy atom. The summed E-state index contributed by atoms with van der Waals surface area (Å²) in [5.41, 5.74) is 1.11. The molecule has 0 aliphatic carbocycles. The van der Waals surface area contributed by atoms with Gasteiger partial charge in [-0.05, 0) is 37.6 Å². The van der Waals surface area contributed by atoms with Crippen LogP contribution in [0.5, 0.6) is 0 Å². The van der Waals surface area contributed by atoms with E-state index in [1.165, 1.54) is 6.07 Å². The number of carbonyl (C=O) groups excluding carboxylic acids is 1. The highest BCUT2D eigenvalue weighted by atomic mass is 19.4. The maximum Gasteiger partial charge on any atom is 0.417 e. The van der Waals surface area contributed by atoms with Gasteiger partial charge in [0.15, 0.2) is 0 Å². The third kappa shape index (κ3) is 3.34. The molecule has 24 heavy (non-hydrogen) atoms. The van der Waals surface area contributed by atoms with Crippen LogP contribution in [0.3, 0.4) is 0 Å². The predicted octanol–water partition coefficient (Wildman–Crippen LogP) is 3.63. The Morgan fingerprint density at radius 1 is 1.17 bits per heavy atom. The quantitative estimate of drug-likeness (QED) is 0.932. The lowest BCUT2D eigenvalue weighted by Gasteiger charge is -2.18. The molecule has 2 aromatic rings. The third-order valence-corrected chi connectivity index (χ3v) is 3.96. The number of benzene rings is 1. The van der Waals surface area contributed by atoms with Crippen molar-refractivity contribution < 1.29 is 18.0 Å². The average Bonchev–Trinajstić information content (AvgIpc) is 2.89. The van der Waals surface area contributed by atoms with Crippen LogP contribution in [-0.2, 0) is 11.0 Å².